The summed E-state index contributed by atoms with van der Waals surface area (Å²) in [7, 11) is 0. The molecule has 0 aliphatic heterocycles. The number of hydrogen-bond donors (Lipinski definition) is 3. The van der Waals surface area contributed by atoms with Crippen LogP contribution in [0.2, 0.25) is 0 Å². The molecule has 5 nitrogen and oxygen atoms in total. The van der Waals surface area contributed by atoms with Gasteiger partial charge in [-0.2, -0.15) is 5.10 Å². The van der Waals surface area contributed by atoms with Crippen molar-refractivity contribution in [2.75, 3.05) is 0 Å². The van der Waals surface area contributed by atoms with E-state index in [4.69, 9.17) is 10.8 Å². The third kappa shape index (κ3) is 3.07. The Labute approximate surface area is 106 Å². The van der Waals surface area contributed by atoms with Gasteiger partial charge in [0.25, 0.3) is 0 Å². The van der Waals surface area contributed by atoms with Crippen molar-refractivity contribution < 1.29 is 9.90 Å². The van der Waals surface area contributed by atoms with Crippen molar-refractivity contribution in [3.63, 3.8) is 0 Å². The van der Waals surface area contributed by atoms with Crippen LogP contribution in [0.4, 0.5) is 0 Å². The van der Waals surface area contributed by atoms with Gasteiger partial charge in [-0.15, -0.1) is 0 Å². The summed E-state index contributed by atoms with van der Waals surface area (Å²) in [4.78, 5) is 10.7. The zero-order valence-corrected chi connectivity index (χ0v) is 10.9. The number of benzene rings is 1. The van der Waals surface area contributed by atoms with E-state index in [-0.39, 0.29) is 0 Å². The molecular formula is C13H19N3O2. The van der Waals surface area contributed by atoms with Gasteiger partial charge < -0.3 is 10.8 Å². The molecule has 2 aromatic rings. The van der Waals surface area contributed by atoms with E-state index in [2.05, 4.69) is 10.2 Å². The molecule has 1 atom stereocenters. The maximum atomic E-state index is 10.7. The molecule has 0 radical (unpaired) electrons. The number of aromatic nitrogens is 2. The van der Waals surface area contributed by atoms with Gasteiger partial charge in [-0.3, -0.25) is 9.89 Å². The lowest BCUT2D eigenvalue weighted by atomic mass is 10.0. The number of nitrogens with zero attached hydrogens (tertiary/aromatic N) is 1. The number of fused-ring (bicyclic) bond motifs is 1. The summed E-state index contributed by atoms with van der Waals surface area (Å²) in [5, 5.41) is 16.6. The Morgan fingerprint density at radius 3 is 2.78 bits per heavy atom. The van der Waals surface area contributed by atoms with Crippen molar-refractivity contribution in [3.05, 3.63) is 29.5 Å². The van der Waals surface area contributed by atoms with Crippen molar-refractivity contribution in [2.45, 2.75) is 33.2 Å². The third-order valence-electron chi connectivity index (χ3n) is 2.58. The molecule has 4 N–H and O–H groups in total. The van der Waals surface area contributed by atoms with Gasteiger partial charge in [0.05, 0.1) is 11.7 Å². The van der Waals surface area contributed by atoms with E-state index in [1.165, 1.54) is 0 Å². The maximum absolute atomic E-state index is 10.7. The highest BCUT2D eigenvalue weighted by Gasteiger charge is 2.13. The number of carbonyl (C=O) groups is 1. The lowest BCUT2D eigenvalue weighted by Gasteiger charge is -2.07. The van der Waals surface area contributed by atoms with Crippen LogP contribution in [0.3, 0.4) is 0 Å². The minimum atomic E-state index is -0.982. The number of aromatic amines is 1. The molecule has 98 valence electrons. The predicted octanol–water partition coefficient (Wildman–Crippen LogP) is 1.85. The summed E-state index contributed by atoms with van der Waals surface area (Å²) in [6.45, 7) is 5.95. The highest BCUT2D eigenvalue weighted by molar-refractivity contribution is 5.82. The smallest absolute Gasteiger partial charge is 0.320 e. The standard InChI is InChI=1S/C11H13N3O2.C2H6/c1-6-2-7(4-9(12)11(15)16)3-8-5-13-14-10(6)8;1-2/h2-3,5,9H,4,12H2,1H3,(H,13,14)(H,15,16);1-2H3. The van der Waals surface area contributed by atoms with Gasteiger partial charge in [-0.1, -0.05) is 19.9 Å². The van der Waals surface area contributed by atoms with Gasteiger partial charge >= 0.3 is 5.97 Å². The molecule has 0 aliphatic rings. The number of carboxylic acid groups (broad SMARTS) is 1. The number of rotatable bonds is 3. The Bertz CT molecular complexity index is 534. The summed E-state index contributed by atoms with van der Waals surface area (Å²) < 4.78 is 0. The van der Waals surface area contributed by atoms with E-state index in [9.17, 15) is 4.79 Å². The first-order valence-corrected chi connectivity index (χ1v) is 5.99. The number of H-pyrrole nitrogens is 1. The van der Waals surface area contributed by atoms with E-state index in [0.29, 0.717) is 6.42 Å². The minimum Gasteiger partial charge on any atom is -0.480 e. The first kappa shape index (κ1) is 14.2. The molecule has 0 bridgehead atoms. The van der Waals surface area contributed by atoms with Crippen molar-refractivity contribution >= 4 is 16.9 Å². The number of aryl methyl sites for hydroxylation is 1. The Hall–Kier alpha value is -1.88. The molecule has 0 saturated carbocycles. The largest absolute Gasteiger partial charge is 0.480 e. The maximum Gasteiger partial charge on any atom is 0.320 e. The van der Waals surface area contributed by atoms with Crippen LogP contribution < -0.4 is 5.73 Å². The molecule has 0 spiro atoms. The molecule has 1 aromatic heterocycles. The molecule has 0 aliphatic carbocycles. The van der Waals surface area contributed by atoms with Crippen LogP contribution in [0.25, 0.3) is 10.9 Å². The second-order valence-electron chi connectivity index (χ2n) is 3.90. The summed E-state index contributed by atoms with van der Waals surface area (Å²) in [6, 6.07) is 2.99. The molecule has 5 heteroatoms. The highest BCUT2D eigenvalue weighted by Crippen LogP contribution is 2.18. The zero-order valence-electron chi connectivity index (χ0n) is 10.9. The second kappa shape index (κ2) is 6.16. The normalized spacial score (nSPS) is 11.8. The van der Waals surface area contributed by atoms with E-state index >= 15 is 0 Å². The fraction of sp³-hybridized carbons (Fsp3) is 0.385. The second-order valence-corrected chi connectivity index (χ2v) is 3.90. The van der Waals surface area contributed by atoms with E-state index in [1.807, 2.05) is 32.9 Å². The fourth-order valence-electron chi connectivity index (χ4n) is 1.77. The van der Waals surface area contributed by atoms with Gasteiger partial charge in [-0.25, -0.2) is 0 Å². The topological polar surface area (TPSA) is 92.0 Å². The van der Waals surface area contributed by atoms with Crippen molar-refractivity contribution in [1.29, 1.82) is 0 Å². The van der Waals surface area contributed by atoms with Crippen molar-refractivity contribution in [1.82, 2.24) is 10.2 Å². The highest BCUT2D eigenvalue weighted by atomic mass is 16.4. The molecule has 0 amide bonds. The average molecular weight is 249 g/mol. The van der Waals surface area contributed by atoms with Gasteiger partial charge in [0.1, 0.15) is 6.04 Å². The predicted molar refractivity (Wildman–Crippen MR) is 71.5 cm³/mol. The van der Waals surface area contributed by atoms with Crippen LogP contribution in [0, 0.1) is 6.92 Å². The van der Waals surface area contributed by atoms with Gasteiger partial charge in [0.15, 0.2) is 0 Å². The molecule has 1 unspecified atom stereocenters. The summed E-state index contributed by atoms with van der Waals surface area (Å²) in [5.41, 5.74) is 8.44. The lowest BCUT2D eigenvalue weighted by molar-refractivity contribution is -0.138. The first-order valence-electron chi connectivity index (χ1n) is 5.99. The number of nitrogens with two attached hydrogens (primary N) is 1. The Balaban J connectivity index is 0.000000771. The average Bonchev–Trinajstić information content (AvgIpc) is 2.80. The molecule has 0 saturated heterocycles. The van der Waals surface area contributed by atoms with Crippen LogP contribution in [0.15, 0.2) is 18.3 Å². The van der Waals surface area contributed by atoms with Crippen LogP contribution in [-0.2, 0) is 11.2 Å². The number of nitrogens with one attached hydrogen (secondary N) is 1. The Kier molecular flexibility index (Phi) is 4.85. The quantitative estimate of drug-likeness (QED) is 0.774. The number of hydrogen-bond acceptors (Lipinski definition) is 3. The van der Waals surface area contributed by atoms with Gasteiger partial charge in [0.2, 0.25) is 0 Å². The van der Waals surface area contributed by atoms with Crippen molar-refractivity contribution in [3.8, 4) is 0 Å². The SMILES string of the molecule is CC.Cc1cc(CC(N)C(=O)O)cc2cn[nH]c12. The van der Waals surface area contributed by atoms with E-state index < -0.39 is 12.0 Å². The Morgan fingerprint density at radius 2 is 2.17 bits per heavy atom. The first-order chi connectivity index (χ1) is 8.58. The van der Waals surface area contributed by atoms with Crippen LogP contribution in [0.1, 0.15) is 25.0 Å². The minimum absolute atomic E-state index is 0.331. The summed E-state index contributed by atoms with van der Waals surface area (Å²) in [6.07, 6.45) is 2.05. The summed E-state index contributed by atoms with van der Waals surface area (Å²) in [5.74, 6) is -0.982. The zero-order chi connectivity index (χ0) is 13.7. The molecular weight excluding hydrogens is 230 g/mol. The fourth-order valence-corrected chi connectivity index (χ4v) is 1.77. The molecule has 18 heavy (non-hydrogen) atoms. The summed E-state index contributed by atoms with van der Waals surface area (Å²) >= 11 is 0. The van der Waals surface area contributed by atoms with Crippen LogP contribution in [0.5, 0.6) is 0 Å². The molecule has 0 fully saturated rings. The van der Waals surface area contributed by atoms with Crippen molar-refractivity contribution in [2.24, 2.45) is 5.73 Å². The molecule has 2 rings (SSSR count). The monoisotopic (exact) mass is 249 g/mol. The van der Waals surface area contributed by atoms with Gasteiger partial charge in [-0.05, 0) is 30.5 Å². The van der Waals surface area contributed by atoms with Crippen LogP contribution >= 0.6 is 0 Å². The Morgan fingerprint density at radius 1 is 1.50 bits per heavy atom. The lowest BCUT2D eigenvalue weighted by Crippen LogP contribution is -2.32. The number of carboxylic acids is 1. The van der Waals surface area contributed by atoms with E-state index in [0.717, 1.165) is 22.0 Å². The van der Waals surface area contributed by atoms with E-state index in [1.54, 1.807) is 6.20 Å². The number of aliphatic carboxylic acids is 1. The molecule has 1 heterocycles. The van der Waals surface area contributed by atoms with Crippen LogP contribution in [-0.4, -0.2) is 27.3 Å². The van der Waals surface area contributed by atoms with Gasteiger partial charge in [0, 0.05) is 5.39 Å². The third-order valence-corrected chi connectivity index (χ3v) is 2.58. The molecule has 1 aromatic carbocycles.